The van der Waals surface area contributed by atoms with Gasteiger partial charge in [0.1, 0.15) is 5.69 Å². The van der Waals surface area contributed by atoms with Crippen LogP contribution in [0.2, 0.25) is 0 Å². The molecule has 0 unspecified atom stereocenters. The van der Waals surface area contributed by atoms with Crippen LogP contribution in [0.25, 0.3) is 0 Å². The highest BCUT2D eigenvalue weighted by molar-refractivity contribution is 5.85. The highest BCUT2D eigenvalue weighted by atomic mass is 16.4. The van der Waals surface area contributed by atoms with Crippen LogP contribution in [0.1, 0.15) is 35.3 Å². The molecule has 0 aromatic carbocycles. The molecule has 0 saturated carbocycles. The smallest absolute Gasteiger partial charge is 0.354 e. The van der Waals surface area contributed by atoms with E-state index in [1.54, 1.807) is 11.0 Å². The maximum atomic E-state index is 11.6. The summed E-state index contributed by atoms with van der Waals surface area (Å²) in [6.07, 6.45) is 4.13. The molecule has 0 spiro atoms. The molecular weight excluding hydrogens is 220 g/mol. The Morgan fingerprint density at radius 2 is 2.24 bits per heavy atom. The van der Waals surface area contributed by atoms with Crippen molar-refractivity contribution in [2.45, 2.75) is 25.8 Å². The monoisotopic (exact) mass is 234 g/mol. The van der Waals surface area contributed by atoms with E-state index in [1.165, 1.54) is 12.3 Å². The molecule has 1 amide bonds. The lowest BCUT2D eigenvalue weighted by Crippen LogP contribution is -2.34. The van der Waals surface area contributed by atoms with Crippen molar-refractivity contribution in [1.82, 2.24) is 9.88 Å². The number of carboxylic acid groups (broad SMARTS) is 1. The zero-order valence-corrected chi connectivity index (χ0v) is 9.43. The van der Waals surface area contributed by atoms with Gasteiger partial charge in [0.2, 0.25) is 5.91 Å². The number of rotatable bonds is 3. The number of carbonyl (C=O) groups excluding carboxylic acids is 1. The van der Waals surface area contributed by atoms with Crippen molar-refractivity contribution in [3.05, 3.63) is 29.6 Å². The van der Waals surface area contributed by atoms with Gasteiger partial charge in [-0.05, 0) is 24.5 Å². The first-order chi connectivity index (χ1) is 8.16. The molecule has 1 saturated heterocycles. The predicted molar refractivity (Wildman–Crippen MR) is 60.5 cm³/mol. The van der Waals surface area contributed by atoms with Gasteiger partial charge in [-0.2, -0.15) is 0 Å². The maximum absolute atomic E-state index is 11.6. The highest BCUT2D eigenvalue weighted by Crippen LogP contribution is 2.14. The van der Waals surface area contributed by atoms with E-state index >= 15 is 0 Å². The van der Waals surface area contributed by atoms with Gasteiger partial charge in [-0.25, -0.2) is 9.78 Å². The fourth-order valence-electron chi connectivity index (χ4n) is 1.89. The van der Waals surface area contributed by atoms with Crippen molar-refractivity contribution < 1.29 is 14.7 Å². The van der Waals surface area contributed by atoms with Gasteiger partial charge < -0.3 is 10.0 Å². The first kappa shape index (κ1) is 11.6. The van der Waals surface area contributed by atoms with Crippen LogP contribution in [0.3, 0.4) is 0 Å². The van der Waals surface area contributed by atoms with E-state index < -0.39 is 5.97 Å². The topological polar surface area (TPSA) is 70.5 Å². The van der Waals surface area contributed by atoms with Crippen LogP contribution < -0.4 is 0 Å². The summed E-state index contributed by atoms with van der Waals surface area (Å²) < 4.78 is 0. The van der Waals surface area contributed by atoms with Crippen LogP contribution in [0.4, 0.5) is 0 Å². The fourth-order valence-corrected chi connectivity index (χ4v) is 1.89. The summed E-state index contributed by atoms with van der Waals surface area (Å²) >= 11 is 0. The molecule has 1 N–H and O–H groups in total. The first-order valence-electron chi connectivity index (χ1n) is 5.63. The second-order valence-electron chi connectivity index (χ2n) is 4.13. The van der Waals surface area contributed by atoms with Crippen molar-refractivity contribution in [1.29, 1.82) is 0 Å². The molecular formula is C12H14N2O3. The van der Waals surface area contributed by atoms with E-state index in [9.17, 15) is 9.59 Å². The molecule has 17 heavy (non-hydrogen) atoms. The average molecular weight is 234 g/mol. The Morgan fingerprint density at radius 3 is 2.82 bits per heavy atom. The Labute approximate surface area is 99.1 Å². The van der Waals surface area contributed by atoms with Gasteiger partial charge in [0.25, 0.3) is 0 Å². The molecule has 2 heterocycles. The fraction of sp³-hybridized carbons (Fsp3) is 0.417. The van der Waals surface area contributed by atoms with E-state index in [0.717, 1.165) is 24.9 Å². The zero-order chi connectivity index (χ0) is 12.3. The second kappa shape index (κ2) is 4.95. The molecule has 1 fully saturated rings. The summed E-state index contributed by atoms with van der Waals surface area (Å²) in [5, 5.41) is 8.71. The SMILES string of the molecule is O=C(O)c1ccc(CN2CCCCC2=O)cn1. The van der Waals surface area contributed by atoms with E-state index in [-0.39, 0.29) is 11.6 Å². The van der Waals surface area contributed by atoms with E-state index in [4.69, 9.17) is 5.11 Å². The van der Waals surface area contributed by atoms with Crippen molar-refractivity contribution in [3.8, 4) is 0 Å². The summed E-state index contributed by atoms with van der Waals surface area (Å²) in [7, 11) is 0. The minimum absolute atomic E-state index is 0.0266. The summed E-state index contributed by atoms with van der Waals surface area (Å²) in [4.78, 5) is 27.8. The molecule has 2 rings (SSSR count). The quantitative estimate of drug-likeness (QED) is 0.855. The molecule has 0 aliphatic carbocycles. The summed E-state index contributed by atoms with van der Waals surface area (Å²) in [5.41, 5.74) is 0.893. The van der Waals surface area contributed by atoms with Crippen LogP contribution in [-0.4, -0.2) is 33.4 Å². The normalized spacial score (nSPS) is 16.0. The number of likely N-dealkylation sites (tertiary alicyclic amines) is 1. The number of aromatic carboxylic acids is 1. The lowest BCUT2D eigenvalue weighted by Gasteiger charge is -2.26. The lowest BCUT2D eigenvalue weighted by molar-refractivity contribution is -0.133. The molecule has 1 aliphatic heterocycles. The van der Waals surface area contributed by atoms with Gasteiger partial charge in [-0.15, -0.1) is 0 Å². The second-order valence-corrected chi connectivity index (χ2v) is 4.13. The molecule has 90 valence electrons. The maximum Gasteiger partial charge on any atom is 0.354 e. The van der Waals surface area contributed by atoms with Gasteiger partial charge in [-0.3, -0.25) is 4.79 Å². The minimum atomic E-state index is -1.04. The van der Waals surface area contributed by atoms with Crippen LogP contribution in [0, 0.1) is 0 Å². The Balaban J connectivity index is 2.03. The van der Waals surface area contributed by atoms with Gasteiger partial charge >= 0.3 is 5.97 Å². The van der Waals surface area contributed by atoms with Gasteiger partial charge in [0.05, 0.1) is 0 Å². The van der Waals surface area contributed by atoms with E-state index in [0.29, 0.717) is 13.0 Å². The molecule has 0 radical (unpaired) electrons. The Bertz CT molecular complexity index is 428. The number of piperidine rings is 1. The van der Waals surface area contributed by atoms with Crippen LogP contribution >= 0.6 is 0 Å². The highest BCUT2D eigenvalue weighted by Gasteiger charge is 2.18. The third kappa shape index (κ3) is 2.81. The van der Waals surface area contributed by atoms with Crippen molar-refractivity contribution in [3.63, 3.8) is 0 Å². The van der Waals surface area contributed by atoms with Gasteiger partial charge in [-0.1, -0.05) is 6.07 Å². The minimum Gasteiger partial charge on any atom is -0.477 e. The third-order valence-corrected chi connectivity index (χ3v) is 2.84. The summed E-state index contributed by atoms with van der Waals surface area (Å²) in [6.45, 7) is 1.30. The average Bonchev–Trinajstić information content (AvgIpc) is 2.33. The molecule has 5 heteroatoms. The number of nitrogens with zero attached hydrogens (tertiary/aromatic N) is 2. The number of hydrogen-bond donors (Lipinski definition) is 1. The summed E-state index contributed by atoms with van der Waals surface area (Å²) in [5.74, 6) is -0.871. The van der Waals surface area contributed by atoms with Crippen LogP contribution in [0.15, 0.2) is 18.3 Å². The van der Waals surface area contributed by atoms with E-state index in [2.05, 4.69) is 4.98 Å². The summed E-state index contributed by atoms with van der Waals surface area (Å²) in [6, 6.07) is 3.17. The molecule has 1 aliphatic rings. The number of hydrogen-bond acceptors (Lipinski definition) is 3. The standard InChI is InChI=1S/C12H14N2O3/c15-11-3-1-2-6-14(11)8-9-4-5-10(12(16)17)13-7-9/h4-5,7H,1-3,6,8H2,(H,16,17). The predicted octanol–water partition coefficient (Wildman–Crippen LogP) is 1.29. The Hall–Kier alpha value is -1.91. The largest absolute Gasteiger partial charge is 0.477 e. The zero-order valence-electron chi connectivity index (χ0n) is 9.43. The van der Waals surface area contributed by atoms with Gasteiger partial charge in [0.15, 0.2) is 0 Å². The third-order valence-electron chi connectivity index (χ3n) is 2.84. The molecule has 1 aromatic heterocycles. The number of pyridine rings is 1. The molecule has 1 aromatic rings. The van der Waals surface area contributed by atoms with Crippen molar-refractivity contribution in [2.75, 3.05) is 6.54 Å². The van der Waals surface area contributed by atoms with Gasteiger partial charge in [0, 0.05) is 25.7 Å². The first-order valence-corrected chi connectivity index (χ1v) is 5.63. The number of carbonyl (C=O) groups is 2. The number of amides is 1. The van der Waals surface area contributed by atoms with Crippen molar-refractivity contribution in [2.24, 2.45) is 0 Å². The Morgan fingerprint density at radius 1 is 1.41 bits per heavy atom. The molecule has 0 bridgehead atoms. The molecule has 5 nitrogen and oxygen atoms in total. The van der Waals surface area contributed by atoms with Crippen LogP contribution in [0.5, 0.6) is 0 Å². The van der Waals surface area contributed by atoms with E-state index in [1.807, 2.05) is 0 Å². The number of aromatic nitrogens is 1. The Kier molecular flexibility index (Phi) is 3.37. The van der Waals surface area contributed by atoms with Crippen LogP contribution in [-0.2, 0) is 11.3 Å². The van der Waals surface area contributed by atoms with Crippen molar-refractivity contribution >= 4 is 11.9 Å². The molecule has 0 atom stereocenters. The lowest BCUT2D eigenvalue weighted by atomic mass is 10.1. The number of carboxylic acids is 1.